The second-order valence-electron chi connectivity index (χ2n) is 3.87. The molecule has 0 aliphatic heterocycles. The van der Waals surface area contributed by atoms with Crippen molar-refractivity contribution < 1.29 is 0 Å². The summed E-state index contributed by atoms with van der Waals surface area (Å²) >= 11 is 0. The summed E-state index contributed by atoms with van der Waals surface area (Å²) in [4.78, 5) is 0. The maximum Gasteiger partial charge on any atom is -0.0352 e. The van der Waals surface area contributed by atoms with Crippen molar-refractivity contribution >= 4 is 0 Å². The predicted molar refractivity (Wildman–Crippen MR) is 43.6 cm³/mol. The van der Waals surface area contributed by atoms with Gasteiger partial charge in [-0.15, -0.1) is 0 Å². The van der Waals surface area contributed by atoms with Crippen LogP contribution in [0.15, 0.2) is 0 Å². The van der Waals surface area contributed by atoms with E-state index in [0.29, 0.717) is 0 Å². The Kier molecular flexibility index (Phi) is 1.97. The van der Waals surface area contributed by atoms with Gasteiger partial charge in [-0.3, -0.25) is 0 Å². The van der Waals surface area contributed by atoms with Crippen LogP contribution in [0.1, 0.15) is 44.9 Å². The Balaban J connectivity index is 1.93. The molecule has 2 saturated carbocycles. The van der Waals surface area contributed by atoms with Crippen molar-refractivity contribution in [3.05, 3.63) is 6.42 Å². The monoisotopic (exact) mass is 137 g/mol. The fraction of sp³-hybridized carbons (Fsp3) is 0.900. The first-order valence-corrected chi connectivity index (χ1v) is 4.80. The lowest BCUT2D eigenvalue weighted by atomic mass is 9.71. The summed E-state index contributed by atoms with van der Waals surface area (Å²) in [6, 6.07) is 0. The van der Waals surface area contributed by atoms with Crippen LogP contribution in [0.3, 0.4) is 0 Å². The molecule has 0 saturated heterocycles. The number of hydrogen-bond acceptors (Lipinski definition) is 0. The summed E-state index contributed by atoms with van der Waals surface area (Å²) in [5, 5.41) is 0. The van der Waals surface area contributed by atoms with Crippen molar-refractivity contribution in [1.29, 1.82) is 0 Å². The van der Waals surface area contributed by atoms with Gasteiger partial charge in [-0.1, -0.05) is 32.1 Å². The zero-order chi connectivity index (χ0) is 6.81. The van der Waals surface area contributed by atoms with E-state index in [1.807, 2.05) is 0 Å². The van der Waals surface area contributed by atoms with Gasteiger partial charge in [0.1, 0.15) is 0 Å². The molecule has 2 aliphatic carbocycles. The molecule has 0 spiro atoms. The van der Waals surface area contributed by atoms with Crippen LogP contribution in [0.4, 0.5) is 0 Å². The first-order valence-electron chi connectivity index (χ1n) is 4.80. The number of hydrogen-bond donors (Lipinski definition) is 0. The van der Waals surface area contributed by atoms with Crippen LogP contribution >= 0.6 is 0 Å². The Hall–Kier alpha value is 0. The van der Waals surface area contributed by atoms with Crippen molar-refractivity contribution in [2.24, 2.45) is 11.8 Å². The fourth-order valence-corrected chi connectivity index (χ4v) is 2.62. The molecule has 0 amide bonds. The van der Waals surface area contributed by atoms with Crippen LogP contribution in [-0.4, -0.2) is 0 Å². The summed E-state index contributed by atoms with van der Waals surface area (Å²) in [5.41, 5.74) is 0. The van der Waals surface area contributed by atoms with Crippen LogP contribution < -0.4 is 0 Å². The largest absolute Gasteiger partial charge is 0.0530 e. The fourth-order valence-electron chi connectivity index (χ4n) is 2.62. The van der Waals surface area contributed by atoms with E-state index in [4.69, 9.17) is 0 Å². The highest BCUT2D eigenvalue weighted by Crippen LogP contribution is 2.39. The Morgan fingerprint density at radius 1 is 0.900 bits per heavy atom. The third-order valence-electron chi connectivity index (χ3n) is 3.22. The molecule has 2 rings (SSSR count). The Labute approximate surface area is 64.0 Å². The quantitative estimate of drug-likeness (QED) is 0.481. The van der Waals surface area contributed by atoms with E-state index in [1.54, 1.807) is 0 Å². The van der Waals surface area contributed by atoms with E-state index in [9.17, 15) is 0 Å². The van der Waals surface area contributed by atoms with Gasteiger partial charge < -0.3 is 0 Å². The molecule has 1 radical (unpaired) electrons. The van der Waals surface area contributed by atoms with Crippen molar-refractivity contribution in [3.8, 4) is 0 Å². The average molecular weight is 137 g/mol. The maximum absolute atomic E-state index is 2.59. The van der Waals surface area contributed by atoms with E-state index in [2.05, 4.69) is 6.42 Å². The average Bonchev–Trinajstić information content (AvgIpc) is 2.05. The Morgan fingerprint density at radius 2 is 1.70 bits per heavy atom. The van der Waals surface area contributed by atoms with E-state index >= 15 is 0 Å². The predicted octanol–water partition coefficient (Wildman–Crippen LogP) is 3.18. The minimum absolute atomic E-state index is 1.03. The molecule has 0 heteroatoms. The second-order valence-corrected chi connectivity index (χ2v) is 3.87. The van der Waals surface area contributed by atoms with E-state index in [-0.39, 0.29) is 0 Å². The molecule has 0 aromatic rings. The molecule has 0 heterocycles. The zero-order valence-corrected chi connectivity index (χ0v) is 6.68. The molecule has 57 valence electrons. The van der Waals surface area contributed by atoms with Gasteiger partial charge in [-0.05, 0) is 31.1 Å². The second kappa shape index (κ2) is 2.94. The number of fused-ring (bicyclic) bond motifs is 1. The smallest absolute Gasteiger partial charge is 0.0352 e. The molecule has 2 aliphatic rings. The summed E-state index contributed by atoms with van der Waals surface area (Å²) < 4.78 is 0. The van der Waals surface area contributed by atoms with Crippen LogP contribution in [0.2, 0.25) is 0 Å². The molecule has 0 N–H and O–H groups in total. The molecule has 0 bridgehead atoms. The van der Waals surface area contributed by atoms with Crippen LogP contribution in [0, 0.1) is 18.3 Å². The number of rotatable bonds is 0. The van der Waals surface area contributed by atoms with Crippen LogP contribution in [-0.2, 0) is 0 Å². The lowest BCUT2D eigenvalue weighted by molar-refractivity contribution is 0.218. The van der Waals surface area contributed by atoms with Gasteiger partial charge >= 0.3 is 0 Å². The highest BCUT2D eigenvalue weighted by molar-refractivity contribution is 4.89. The third kappa shape index (κ3) is 1.21. The van der Waals surface area contributed by atoms with Gasteiger partial charge in [0.25, 0.3) is 0 Å². The van der Waals surface area contributed by atoms with E-state index in [0.717, 1.165) is 11.8 Å². The molecule has 2 fully saturated rings. The standard InChI is InChI=1S/C10H17/c1-2-6-10-8-4-3-7-9(10)5-1/h5,9-10H,1-4,6-8H2/t9-,10+/m1/s1. The molecular formula is C10H17. The first-order chi connectivity index (χ1) is 4.97. The van der Waals surface area contributed by atoms with Crippen molar-refractivity contribution in [3.63, 3.8) is 0 Å². The van der Waals surface area contributed by atoms with Gasteiger partial charge in [0, 0.05) is 0 Å². The minimum atomic E-state index is 1.03. The lowest BCUT2D eigenvalue weighted by Gasteiger charge is -2.35. The topological polar surface area (TPSA) is 0 Å². The van der Waals surface area contributed by atoms with Gasteiger partial charge in [-0.25, -0.2) is 0 Å². The van der Waals surface area contributed by atoms with Gasteiger partial charge in [-0.2, -0.15) is 0 Å². The van der Waals surface area contributed by atoms with Crippen LogP contribution in [0.25, 0.3) is 0 Å². The van der Waals surface area contributed by atoms with Gasteiger partial charge in [0.15, 0.2) is 0 Å². The Morgan fingerprint density at radius 3 is 2.60 bits per heavy atom. The maximum atomic E-state index is 2.59. The third-order valence-corrected chi connectivity index (χ3v) is 3.22. The van der Waals surface area contributed by atoms with Crippen molar-refractivity contribution in [1.82, 2.24) is 0 Å². The van der Waals surface area contributed by atoms with Crippen LogP contribution in [0.5, 0.6) is 0 Å². The van der Waals surface area contributed by atoms with Crippen molar-refractivity contribution in [2.75, 3.05) is 0 Å². The normalized spacial score (nSPS) is 40.8. The molecule has 0 unspecified atom stereocenters. The molecule has 0 aromatic carbocycles. The Bertz CT molecular complexity index is 80.6. The van der Waals surface area contributed by atoms with Crippen molar-refractivity contribution in [2.45, 2.75) is 44.9 Å². The molecule has 10 heavy (non-hydrogen) atoms. The van der Waals surface area contributed by atoms with Gasteiger partial charge in [0.05, 0.1) is 0 Å². The highest BCUT2D eigenvalue weighted by Gasteiger charge is 2.27. The minimum Gasteiger partial charge on any atom is -0.0530 e. The molecule has 0 aromatic heterocycles. The highest BCUT2D eigenvalue weighted by atomic mass is 14.3. The first kappa shape index (κ1) is 6.69. The van der Waals surface area contributed by atoms with E-state index < -0.39 is 0 Å². The zero-order valence-electron chi connectivity index (χ0n) is 6.68. The summed E-state index contributed by atoms with van der Waals surface area (Å²) in [6.45, 7) is 0. The molecule has 0 nitrogen and oxygen atoms in total. The molecular weight excluding hydrogens is 120 g/mol. The molecule has 2 atom stereocenters. The summed E-state index contributed by atoms with van der Waals surface area (Å²) in [5.74, 6) is 2.13. The van der Waals surface area contributed by atoms with E-state index in [1.165, 1.54) is 44.9 Å². The SMILES string of the molecule is [CH]1CCC[C@H]2CCCC[C@@H]12. The van der Waals surface area contributed by atoms with Gasteiger partial charge in [0.2, 0.25) is 0 Å². The summed E-state index contributed by atoms with van der Waals surface area (Å²) in [7, 11) is 0. The summed E-state index contributed by atoms with van der Waals surface area (Å²) in [6.07, 6.45) is 13.0. The lowest BCUT2D eigenvalue weighted by Crippen LogP contribution is -2.23.